The summed E-state index contributed by atoms with van der Waals surface area (Å²) in [6.45, 7) is 4.27. The Balaban J connectivity index is 2.28. The van der Waals surface area contributed by atoms with Crippen molar-refractivity contribution < 1.29 is 9.53 Å². The molecule has 1 fully saturated rings. The normalized spacial score (nSPS) is 27.1. The molecule has 0 radical (unpaired) electrons. The van der Waals surface area contributed by atoms with Gasteiger partial charge in [0.15, 0.2) is 0 Å². The molecule has 0 heterocycles. The molecular weight excluding hydrogens is 188 g/mol. The van der Waals surface area contributed by atoms with Gasteiger partial charge >= 0.3 is 0 Å². The Kier molecular flexibility index (Phi) is 2.29. The summed E-state index contributed by atoms with van der Waals surface area (Å²) in [6.07, 6.45) is 1.07. The summed E-state index contributed by atoms with van der Waals surface area (Å²) in [5.74, 6) is 1.37. The molecule has 1 aromatic carbocycles. The van der Waals surface area contributed by atoms with Crippen LogP contribution in [-0.4, -0.2) is 13.4 Å². The van der Waals surface area contributed by atoms with Crippen LogP contribution in [0.25, 0.3) is 0 Å². The van der Waals surface area contributed by atoms with E-state index >= 15 is 0 Å². The average Bonchev–Trinajstić information content (AvgIpc) is 2.80. The zero-order valence-electron chi connectivity index (χ0n) is 9.36. The van der Waals surface area contributed by atoms with Gasteiger partial charge in [-0.05, 0) is 29.0 Å². The van der Waals surface area contributed by atoms with Gasteiger partial charge < -0.3 is 9.53 Å². The van der Waals surface area contributed by atoms with E-state index in [1.54, 1.807) is 7.11 Å². The van der Waals surface area contributed by atoms with Gasteiger partial charge in [0, 0.05) is 5.92 Å². The molecule has 1 saturated carbocycles. The fourth-order valence-electron chi connectivity index (χ4n) is 2.40. The van der Waals surface area contributed by atoms with Crippen molar-refractivity contribution in [3.8, 4) is 5.75 Å². The lowest BCUT2D eigenvalue weighted by molar-refractivity contribution is -0.109. The summed E-state index contributed by atoms with van der Waals surface area (Å²) < 4.78 is 5.18. The maximum Gasteiger partial charge on any atom is 0.124 e. The van der Waals surface area contributed by atoms with Crippen LogP contribution < -0.4 is 4.74 Å². The van der Waals surface area contributed by atoms with Gasteiger partial charge in [0.1, 0.15) is 12.0 Å². The number of ether oxygens (including phenoxy) is 1. The third kappa shape index (κ3) is 1.54. The topological polar surface area (TPSA) is 26.3 Å². The van der Waals surface area contributed by atoms with Crippen LogP contribution in [0.2, 0.25) is 0 Å². The summed E-state index contributed by atoms with van der Waals surface area (Å²) in [5, 5.41) is 0. The van der Waals surface area contributed by atoms with E-state index in [0.717, 1.165) is 12.0 Å². The summed E-state index contributed by atoms with van der Waals surface area (Å²) in [7, 11) is 1.66. The van der Waals surface area contributed by atoms with Gasteiger partial charge in [-0.2, -0.15) is 0 Å². The highest BCUT2D eigenvalue weighted by atomic mass is 16.5. The first-order valence-electron chi connectivity index (χ1n) is 5.20. The largest absolute Gasteiger partial charge is 0.497 e. The van der Waals surface area contributed by atoms with Gasteiger partial charge in [0.05, 0.1) is 7.11 Å². The minimum atomic E-state index is 0.105. The minimum absolute atomic E-state index is 0.105. The fraction of sp³-hybridized carbons (Fsp3) is 0.462. The molecule has 80 valence electrons. The zero-order chi connectivity index (χ0) is 11.1. The molecule has 1 aliphatic carbocycles. The molecule has 2 heteroatoms. The van der Waals surface area contributed by atoms with E-state index in [-0.39, 0.29) is 11.3 Å². The highest BCUT2D eigenvalue weighted by Gasteiger charge is 2.58. The van der Waals surface area contributed by atoms with E-state index in [1.807, 2.05) is 18.2 Å². The molecule has 0 saturated heterocycles. The Hall–Kier alpha value is -1.31. The standard InChI is InChI=1S/C13H16O2/c1-13(2)11(8-14)12(13)9-5-4-6-10(7-9)15-3/h4-8,11-12H,1-3H3. The molecule has 0 N–H and O–H groups in total. The van der Waals surface area contributed by atoms with E-state index < -0.39 is 0 Å². The number of hydrogen-bond acceptors (Lipinski definition) is 2. The second-order valence-corrected chi connectivity index (χ2v) is 4.74. The van der Waals surface area contributed by atoms with Gasteiger partial charge in [-0.25, -0.2) is 0 Å². The number of methoxy groups -OCH3 is 1. The van der Waals surface area contributed by atoms with Gasteiger partial charge in [0.25, 0.3) is 0 Å². The lowest BCUT2D eigenvalue weighted by Gasteiger charge is -2.05. The first-order valence-corrected chi connectivity index (χ1v) is 5.20. The number of aldehydes is 1. The lowest BCUT2D eigenvalue weighted by atomic mass is 10.0. The summed E-state index contributed by atoms with van der Waals surface area (Å²) in [5.41, 5.74) is 1.31. The number of rotatable bonds is 3. The van der Waals surface area contributed by atoms with Crippen molar-refractivity contribution in [2.75, 3.05) is 7.11 Å². The number of carbonyl (C=O) groups excluding carboxylic acids is 1. The van der Waals surface area contributed by atoms with Crippen molar-refractivity contribution in [3.05, 3.63) is 29.8 Å². The van der Waals surface area contributed by atoms with Crippen molar-refractivity contribution in [2.45, 2.75) is 19.8 Å². The Bertz CT molecular complexity index is 382. The van der Waals surface area contributed by atoms with Crippen LogP contribution in [0, 0.1) is 11.3 Å². The van der Waals surface area contributed by atoms with Crippen molar-refractivity contribution in [2.24, 2.45) is 11.3 Å². The van der Waals surface area contributed by atoms with Gasteiger partial charge in [-0.1, -0.05) is 26.0 Å². The van der Waals surface area contributed by atoms with E-state index in [0.29, 0.717) is 5.92 Å². The molecule has 0 aliphatic heterocycles. The van der Waals surface area contributed by atoms with Gasteiger partial charge in [-0.3, -0.25) is 0 Å². The molecule has 2 rings (SSSR count). The van der Waals surface area contributed by atoms with E-state index in [4.69, 9.17) is 4.74 Å². The first kappa shape index (κ1) is 10.2. The fourth-order valence-corrected chi connectivity index (χ4v) is 2.40. The quantitative estimate of drug-likeness (QED) is 0.707. The lowest BCUT2D eigenvalue weighted by Crippen LogP contribution is -1.91. The van der Waals surface area contributed by atoms with Crippen LogP contribution in [0.5, 0.6) is 5.75 Å². The highest BCUT2D eigenvalue weighted by Crippen LogP contribution is 2.63. The van der Waals surface area contributed by atoms with E-state index in [9.17, 15) is 4.79 Å². The second-order valence-electron chi connectivity index (χ2n) is 4.74. The summed E-state index contributed by atoms with van der Waals surface area (Å²) in [6, 6.07) is 7.99. The van der Waals surface area contributed by atoms with Gasteiger partial charge in [-0.15, -0.1) is 0 Å². The number of carbonyl (C=O) groups is 1. The number of benzene rings is 1. The van der Waals surface area contributed by atoms with E-state index in [1.165, 1.54) is 5.56 Å². The molecule has 1 aromatic rings. The summed E-state index contributed by atoms with van der Waals surface area (Å²) in [4.78, 5) is 10.9. The molecule has 0 aromatic heterocycles. The molecule has 2 unspecified atom stereocenters. The number of hydrogen-bond donors (Lipinski definition) is 0. The smallest absolute Gasteiger partial charge is 0.124 e. The molecule has 0 spiro atoms. The predicted molar refractivity (Wildman–Crippen MR) is 59.1 cm³/mol. The van der Waals surface area contributed by atoms with Crippen molar-refractivity contribution in [1.29, 1.82) is 0 Å². The Labute approximate surface area is 90.3 Å². The van der Waals surface area contributed by atoms with Crippen LogP contribution >= 0.6 is 0 Å². The van der Waals surface area contributed by atoms with Crippen molar-refractivity contribution in [3.63, 3.8) is 0 Å². The molecule has 15 heavy (non-hydrogen) atoms. The predicted octanol–water partition coefficient (Wildman–Crippen LogP) is 2.63. The van der Waals surface area contributed by atoms with Crippen molar-refractivity contribution in [1.82, 2.24) is 0 Å². The van der Waals surface area contributed by atoms with Crippen LogP contribution in [0.1, 0.15) is 25.3 Å². The maximum atomic E-state index is 10.9. The maximum absolute atomic E-state index is 10.9. The molecule has 2 nitrogen and oxygen atoms in total. The molecule has 1 aliphatic rings. The SMILES string of the molecule is COc1cccc(C2C(C=O)C2(C)C)c1. The van der Waals surface area contributed by atoms with Crippen LogP contribution in [0.4, 0.5) is 0 Å². The Morgan fingerprint density at radius 2 is 2.13 bits per heavy atom. The Morgan fingerprint density at radius 3 is 2.67 bits per heavy atom. The summed E-state index contributed by atoms with van der Waals surface area (Å²) >= 11 is 0. The second kappa shape index (κ2) is 3.37. The monoisotopic (exact) mass is 204 g/mol. The zero-order valence-corrected chi connectivity index (χ0v) is 9.36. The Morgan fingerprint density at radius 1 is 1.40 bits per heavy atom. The highest BCUT2D eigenvalue weighted by molar-refractivity contribution is 5.65. The molecule has 2 atom stereocenters. The van der Waals surface area contributed by atoms with Crippen LogP contribution in [-0.2, 0) is 4.79 Å². The average molecular weight is 204 g/mol. The molecular formula is C13H16O2. The van der Waals surface area contributed by atoms with Crippen molar-refractivity contribution >= 4 is 6.29 Å². The van der Waals surface area contributed by atoms with E-state index in [2.05, 4.69) is 19.9 Å². The third-order valence-electron chi connectivity index (χ3n) is 3.51. The molecule has 0 bridgehead atoms. The van der Waals surface area contributed by atoms with Crippen LogP contribution in [0.3, 0.4) is 0 Å². The molecule has 0 amide bonds. The third-order valence-corrected chi connectivity index (χ3v) is 3.51. The minimum Gasteiger partial charge on any atom is -0.497 e. The van der Waals surface area contributed by atoms with Gasteiger partial charge in [0.2, 0.25) is 0 Å². The van der Waals surface area contributed by atoms with Crippen LogP contribution in [0.15, 0.2) is 24.3 Å². The first-order chi connectivity index (χ1) is 7.11.